The van der Waals surface area contributed by atoms with E-state index in [4.69, 9.17) is 4.74 Å². The maximum atomic E-state index is 15.1. The summed E-state index contributed by atoms with van der Waals surface area (Å²) < 4.78 is 35.7. The average Bonchev–Trinajstić information content (AvgIpc) is 3.34. The van der Waals surface area contributed by atoms with Crippen LogP contribution in [0.3, 0.4) is 0 Å². The van der Waals surface area contributed by atoms with Crippen LogP contribution in [-0.2, 0) is 6.42 Å². The van der Waals surface area contributed by atoms with Crippen LogP contribution in [0, 0.1) is 18.6 Å². The number of aryl methyl sites for hydroxylation is 1. The second-order valence-corrected chi connectivity index (χ2v) is 9.31. The summed E-state index contributed by atoms with van der Waals surface area (Å²) in [6, 6.07) is 13.9. The summed E-state index contributed by atoms with van der Waals surface area (Å²) in [6.45, 7) is 3.35. The van der Waals surface area contributed by atoms with Crippen LogP contribution in [0.2, 0.25) is 0 Å². The molecule has 0 saturated carbocycles. The number of anilines is 1. The molecule has 0 aliphatic carbocycles. The number of rotatable bonds is 9. The summed E-state index contributed by atoms with van der Waals surface area (Å²) in [5.41, 5.74) is 1.17. The first kappa shape index (κ1) is 26.7. The van der Waals surface area contributed by atoms with Crippen molar-refractivity contribution in [1.82, 2.24) is 19.7 Å². The molecule has 0 saturated heterocycles. The van der Waals surface area contributed by atoms with E-state index in [9.17, 15) is 19.1 Å². The molecule has 0 radical (unpaired) electrons. The number of nitrogens with zero attached hydrogens (tertiary/aromatic N) is 3. The van der Waals surface area contributed by atoms with Gasteiger partial charge in [-0.1, -0.05) is 6.07 Å². The summed E-state index contributed by atoms with van der Waals surface area (Å²) in [4.78, 5) is 30.4. The predicted octanol–water partition coefficient (Wildman–Crippen LogP) is 4.71. The van der Waals surface area contributed by atoms with Crippen molar-refractivity contribution >= 4 is 22.6 Å². The van der Waals surface area contributed by atoms with Gasteiger partial charge in [0, 0.05) is 36.1 Å². The third kappa shape index (κ3) is 5.32. The van der Waals surface area contributed by atoms with Crippen LogP contribution >= 0.6 is 0 Å². The molecule has 3 N–H and O–H groups in total. The lowest BCUT2D eigenvalue weighted by Gasteiger charge is -2.13. The Morgan fingerprint density at radius 1 is 1.10 bits per heavy atom. The molecule has 0 amide bonds. The molecule has 11 heteroatoms. The number of ketones is 1. The summed E-state index contributed by atoms with van der Waals surface area (Å²) in [6.07, 6.45) is 1.27. The number of nitrogens with one attached hydrogen (secondary N) is 2. The van der Waals surface area contributed by atoms with E-state index in [2.05, 4.69) is 20.5 Å². The molecule has 0 bridgehead atoms. The summed E-state index contributed by atoms with van der Waals surface area (Å²) in [5.74, 6) is -1.04. The van der Waals surface area contributed by atoms with Gasteiger partial charge in [0.1, 0.15) is 17.0 Å². The SMILES string of the molecule is Cc1ccc(C(=O)Cc2ccc(Oc3ccnc4[nH]nc(N[C@H](C)CO)c34)c(F)c2)c(=O)n1-c1ccc(F)cc1. The van der Waals surface area contributed by atoms with Gasteiger partial charge in [0.05, 0.1) is 12.2 Å². The number of carbonyl (C=O) groups excluding carboxylic acids is 1. The lowest BCUT2D eigenvalue weighted by molar-refractivity contribution is 0.0991. The van der Waals surface area contributed by atoms with Gasteiger partial charge in [-0.2, -0.15) is 5.10 Å². The predicted molar refractivity (Wildman–Crippen MR) is 145 cm³/mol. The van der Waals surface area contributed by atoms with Gasteiger partial charge >= 0.3 is 0 Å². The Labute approximate surface area is 227 Å². The molecule has 204 valence electrons. The number of aromatic amines is 1. The Balaban J connectivity index is 1.38. The zero-order chi connectivity index (χ0) is 28.4. The van der Waals surface area contributed by atoms with E-state index < -0.39 is 23.0 Å². The Morgan fingerprint density at radius 3 is 2.60 bits per heavy atom. The molecular formula is C29H25F2N5O4. The maximum absolute atomic E-state index is 15.1. The number of hydrogen-bond donors (Lipinski definition) is 3. The van der Waals surface area contributed by atoms with Gasteiger partial charge in [-0.05, 0) is 67.9 Å². The number of aliphatic hydroxyl groups excluding tert-OH is 1. The van der Waals surface area contributed by atoms with Crippen LogP contribution in [0.25, 0.3) is 16.7 Å². The number of ether oxygens (including phenoxy) is 1. The van der Waals surface area contributed by atoms with E-state index in [0.717, 1.165) is 0 Å². The lowest BCUT2D eigenvalue weighted by Crippen LogP contribution is -2.27. The van der Waals surface area contributed by atoms with Gasteiger partial charge in [-0.25, -0.2) is 13.8 Å². The average molecular weight is 546 g/mol. The normalized spacial score (nSPS) is 11.9. The van der Waals surface area contributed by atoms with Crippen molar-refractivity contribution < 1.29 is 23.4 Å². The van der Waals surface area contributed by atoms with Crippen LogP contribution in [0.4, 0.5) is 14.6 Å². The number of aromatic nitrogens is 4. The largest absolute Gasteiger partial charge is 0.453 e. The Kier molecular flexibility index (Phi) is 7.39. The van der Waals surface area contributed by atoms with Gasteiger partial charge in [0.2, 0.25) is 0 Å². The van der Waals surface area contributed by atoms with E-state index in [1.54, 1.807) is 32.0 Å². The monoisotopic (exact) mass is 545 g/mol. The van der Waals surface area contributed by atoms with Crippen molar-refractivity contribution in [3.8, 4) is 17.2 Å². The van der Waals surface area contributed by atoms with Gasteiger partial charge in [-0.3, -0.25) is 19.3 Å². The number of aliphatic hydroxyl groups is 1. The Hall–Kier alpha value is -4.90. The molecule has 1 atom stereocenters. The molecule has 0 fully saturated rings. The number of benzene rings is 2. The minimum Gasteiger partial charge on any atom is -0.453 e. The summed E-state index contributed by atoms with van der Waals surface area (Å²) >= 11 is 0. The highest BCUT2D eigenvalue weighted by Gasteiger charge is 2.19. The van der Waals surface area contributed by atoms with Crippen molar-refractivity contribution in [3.05, 3.63) is 106 Å². The zero-order valence-corrected chi connectivity index (χ0v) is 21.6. The lowest BCUT2D eigenvalue weighted by atomic mass is 10.0. The van der Waals surface area contributed by atoms with Gasteiger partial charge < -0.3 is 15.2 Å². The molecule has 2 aromatic carbocycles. The minimum atomic E-state index is -0.704. The van der Waals surface area contributed by atoms with Crippen molar-refractivity contribution in [3.63, 3.8) is 0 Å². The molecule has 5 aromatic rings. The Morgan fingerprint density at radius 2 is 1.88 bits per heavy atom. The van der Waals surface area contributed by atoms with Crippen molar-refractivity contribution in [2.45, 2.75) is 26.3 Å². The van der Waals surface area contributed by atoms with E-state index in [1.165, 1.54) is 53.2 Å². The van der Waals surface area contributed by atoms with E-state index in [-0.39, 0.29) is 36.1 Å². The molecular weight excluding hydrogens is 520 g/mol. The van der Waals surface area contributed by atoms with Gasteiger partial charge in [0.15, 0.2) is 28.8 Å². The van der Waals surface area contributed by atoms with E-state index >= 15 is 4.39 Å². The fraction of sp³-hybridized carbons (Fsp3) is 0.172. The third-order valence-corrected chi connectivity index (χ3v) is 6.32. The van der Waals surface area contributed by atoms with Crippen molar-refractivity contribution in [1.29, 1.82) is 0 Å². The van der Waals surface area contributed by atoms with Crippen LogP contribution < -0.4 is 15.6 Å². The quantitative estimate of drug-likeness (QED) is 0.229. The van der Waals surface area contributed by atoms with E-state index in [0.29, 0.717) is 33.8 Å². The molecule has 0 aliphatic heterocycles. The fourth-order valence-electron chi connectivity index (χ4n) is 4.28. The number of pyridine rings is 2. The van der Waals surface area contributed by atoms with E-state index in [1.807, 2.05) is 0 Å². The Bertz CT molecular complexity index is 1770. The third-order valence-electron chi connectivity index (χ3n) is 6.32. The first-order valence-electron chi connectivity index (χ1n) is 12.4. The highest BCUT2D eigenvalue weighted by molar-refractivity contribution is 5.97. The second kappa shape index (κ2) is 11.1. The topological polar surface area (TPSA) is 122 Å². The molecule has 0 unspecified atom stereocenters. The van der Waals surface area contributed by atoms with Crippen molar-refractivity contribution in [2.24, 2.45) is 0 Å². The molecule has 3 heterocycles. The molecule has 3 aromatic heterocycles. The number of halogens is 2. The second-order valence-electron chi connectivity index (χ2n) is 9.31. The molecule has 9 nitrogen and oxygen atoms in total. The number of hydrogen-bond acceptors (Lipinski definition) is 7. The molecule has 0 aliphatic rings. The van der Waals surface area contributed by atoms with Crippen molar-refractivity contribution in [2.75, 3.05) is 11.9 Å². The fourth-order valence-corrected chi connectivity index (χ4v) is 4.28. The zero-order valence-electron chi connectivity index (χ0n) is 21.6. The smallest absolute Gasteiger partial charge is 0.266 e. The number of carbonyl (C=O) groups is 1. The minimum absolute atomic E-state index is 0.0630. The first-order valence-corrected chi connectivity index (χ1v) is 12.4. The van der Waals surface area contributed by atoms with Crippen LogP contribution in [0.15, 0.2) is 71.7 Å². The first-order chi connectivity index (χ1) is 19.2. The molecule has 5 rings (SSSR count). The highest BCUT2D eigenvalue weighted by Crippen LogP contribution is 2.34. The molecule has 40 heavy (non-hydrogen) atoms. The summed E-state index contributed by atoms with van der Waals surface area (Å²) in [5, 5.41) is 19.8. The van der Waals surface area contributed by atoms with Gasteiger partial charge in [-0.15, -0.1) is 0 Å². The summed E-state index contributed by atoms with van der Waals surface area (Å²) in [7, 11) is 0. The molecule has 0 spiro atoms. The number of Topliss-reactive ketones (excluding diaryl/α,β-unsaturated/α-hetero) is 1. The van der Waals surface area contributed by atoms with Crippen LogP contribution in [0.1, 0.15) is 28.5 Å². The highest BCUT2D eigenvalue weighted by atomic mass is 19.1. The van der Waals surface area contributed by atoms with Crippen LogP contribution in [0.5, 0.6) is 11.5 Å². The van der Waals surface area contributed by atoms with Gasteiger partial charge in [0.25, 0.3) is 5.56 Å². The standard InChI is InChI=1S/C29H25F2N5O4/c1-16(15-37)33-28-26-25(11-12-32-27(26)34-35-28)40-24-10-4-18(13-22(24)31)14-23(38)21-9-3-17(2)36(29(21)39)20-7-5-19(30)6-8-20/h3-13,16,37H,14-15H2,1-2H3,(H2,32,33,34,35)/t16-/m1/s1. The number of fused-ring (bicyclic) bond motifs is 1. The maximum Gasteiger partial charge on any atom is 0.266 e. The van der Waals surface area contributed by atoms with Crippen LogP contribution in [-0.4, -0.2) is 43.3 Å². The number of H-pyrrole nitrogens is 1.